The molecule has 0 atom stereocenters. The van der Waals surface area contributed by atoms with Crippen molar-refractivity contribution in [2.75, 3.05) is 0 Å². The SMILES string of the molecule is O=c1ccc2cc(F)[c]c(F)c2o1. The molecule has 0 aliphatic rings. The van der Waals surface area contributed by atoms with Crippen LogP contribution in [0, 0.1) is 17.7 Å². The summed E-state index contributed by atoms with van der Waals surface area (Å²) < 4.78 is 30.0. The molecule has 2 rings (SSSR count). The molecule has 0 amide bonds. The van der Waals surface area contributed by atoms with E-state index >= 15 is 0 Å². The van der Waals surface area contributed by atoms with Crippen LogP contribution in [0.1, 0.15) is 0 Å². The van der Waals surface area contributed by atoms with E-state index < -0.39 is 17.3 Å². The topological polar surface area (TPSA) is 30.2 Å². The Morgan fingerprint density at radius 2 is 2.08 bits per heavy atom. The van der Waals surface area contributed by atoms with E-state index in [1.54, 1.807) is 6.07 Å². The lowest BCUT2D eigenvalue weighted by atomic mass is 10.2. The summed E-state index contributed by atoms with van der Waals surface area (Å²) in [7, 11) is 0. The fourth-order valence-corrected chi connectivity index (χ4v) is 1.05. The minimum atomic E-state index is -0.993. The maximum atomic E-state index is 12.9. The lowest BCUT2D eigenvalue weighted by Gasteiger charge is -1.96. The molecule has 0 N–H and O–H groups in total. The van der Waals surface area contributed by atoms with Gasteiger partial charge >= 0.3 is 5.63 Å². The second-order valence-corrected chi connectivity index (χ2v) is 2.47. The highest BCUT2D eigenvalue weighted by Gasteiger charge is 2.06. The van der Waals surface area contributed by atoms with E-state index in [4.69, 9.17) is 0 Å². The Balaban J connectivity index is 2.95. The molecule has 4 heteroatoms. The minimum absolute atomic E-state index is 0.202. The molecule has 65 valence electrons. The summed E-state index contributed by atoms with van der Waals surface area (Å²) >= 11 is 0. The van der Waals surface area contributed by atoms with Crippen molar-refractivity contribution >= 4 is 11.0 Å². The predicted molar refractivity (Wildman–Crippen MR) is 41.2 cm³/mol. The summed E-state index contributed by atoms with van der Waals surface area (Å²) in [6.45, 7) is 0. The predicted octanol–water partition coefficient (Wildman–Crippen LogP) is 1.87. The highest BCUT2D eigenvalue weighted by atomic mass is 19.1. The van der Waals surface area contributed by atoms with Crippen LogP contribution >= 0.6 is 0 Å². The summed E-state index contributed by atoms with van der Waals surface area (Å²) in [6, 6.07) is 5.21. The number of hydrogen-bond donors (Lipinski definition) is 0. The van der Waals surface area contributed by atoms with E-state index in [1.807, 2.05) is 0 Å². The van der Waals surface area contributed by atoms with Gasteiger partial charge in [-0.3, -0.25) is 0 Å². The molecule has 13 heavy (non-hydrogen) atoms. The van der Waals surface area contributed by atoms with Crippen molar-refractivity contribution in [3.8, 4) is 0 Å². The van der Waals surface area contributed by atoms with Crippen molar-refractivity contribution in [3.05, 3.63) is 46.3 Å². The molecule has 0 spiro atoms. The molecule has 0 fully saturated rings. The van der Waals surface area contributed by atoms with Crippen LogP contribution in [0.15, 0.2) is 27.4 Å². The Kier molecular flexibility index (Phi) is 1.62. The molecular formula is C9H3F2O2. The van der Waals surface area contributed by atoms with Crippen molar-refractivity contribution in [3.63, 3.8) is 0 Å². The highest BCUT2D eigenvalue weighted by molar-refractivity contribution is 5.76. The van der Waals surface area contributed by atoms with Gasteiger partial charge < -0.3 is 4.42 Å². The Morgan fingerprint density at radius 3 is 2.85 bits per heavy atom. The number of rotatable bonds is 0. The Hall–Kier alpha value is -1.71. The summed E-state index contributed by atoms with van der Waals surface area (Å²) in [6.07, 6.45) is 0. The molecule has 1 aromatic heterocycles. The van der Waals surface area contributed by atoms with Crippen LogP contribution in [0.25, 0.3) is 11.0 Å². The Bertz CT molecular complexity index is 516. The van der Waals surface area contributed by atoms with E-state index in [1.165, 1.54) is 6.07 Å². The van der Waals surface area contributed by atoms with Crippen LogP contribution in [-0.4, -0.2) is 0 Å². The van der Waals surface area contributed by atoms with Gasteiger partial charge in [0, 0.05) is 11.5 Å². The zero-order valence-corrected chi connectivity index (χ0v) is 6.30. The van der Waals surface area contributed by atoms with Crippen LogP contribution in [0.3, 0.4) is 0 Å². The average Bonchev–Trinajstić information content (AvgIpc) is 2.06. The zero-order chi connectivity index (χ0) is 9.42. The van der Waals surface area contributed by atoms with Gasteiger partial charge in [0.05, 0.1) is 6.07 Å². The largest absolute Gasteiger partial charge is 0.420 e. The maximum Gasteiger partial charge on any atom is 0.336 e. The van der Waals surface area contributed by atoms with Gasteiger partial charge in [-0.1, -0.05) is 0 Å². The van der Waals surface area contributed by atoms with Gasteiger partial charge in [0.2, 0.25) is 0 Å². The molecule has 2 nitrogen and oxygen atoms in total. The van der Waals surface area contributed by atoms with Crippen LogP contribution in [0.5, 0.6) is 0 Å². The standard InChI is InChI=1S/C9H3F2O2/c10-6-3-5-1-2-8(12)13-9(5)7(11)4-6/h1-3H. The highest BCUT2D eigenvalue weighted by Crippen LogP contribution is 2.16. The molecule has 0 aliphatic carbocycles. The quantitative estimate of drug-likeness (QED) is 0.581. The van der Waals surface area contributed by atoms with Gasteiger partial charge in [-0.05, 0) is 12.1 Å². The number of benzene rings is 1. The Morgan fingerprint density at radius 1 is 1.31 bits per heavy atom. The third kappa shape index (κ3) is 1.30. The first-order chi connectivity index (χ1) is 6.16. The molecule has 1 aromatic carbocycles. The van der Waals surface area contributed by atoms with Crippen LogP contribution < -0.4 is 5.63 Å². The second kappa shape index (κ2) is 2.65. The molecule has 2 aromatic rings. The lowest BCUT2D eigenvalue weighted by molar-refractivity contribution is 0.515. The number of fused-ring (bicyclic) bond motifs is 1. The fourth-order valence-electron chi connectivity index (χ4n) is 1.05. The normalized spacial score (nSPS) is 10.6. The molecule has 1 heterocycles. The van der Waals surface area contributed by atoms with Crippen molar-refractivity contribution in [2.45, 2.75) is 0 Å². The summed E-state index contributed by atoms with van der Waals surface area (Å²) in [5.41, 5.74) is -0.944. The molecule has 0 bridgehead atoms. The number of hydrogen-bond acceptors (Lipinski definition) is 2. The molecular weight excluding hydrogens is 178 g/mol. The average molecular weight is 181 g/mol. The van der Waals surface area contributed by atoms with E-state index in [0.29, 0.717) is 0 Å². The van der Waals surface area contributed by atoms with Gasteiger partial charge in [0.25, 0.3) is 0 Å². The maximum absolute atomic E-state index is 12.9. The third-order valence-corrected chi connectivity index (χ3v) is 1.57. The molecule has 0 aliphatic heterocycles. The van der Waals surface area contributed by atoms with E-state index in [2.05, 4.69) is 4.42 Å². The zero-order valence-electron chi connectivity index (χ0n) is 6.30. The van der Waals surface area contributed by atoms with Crippen molar-refractivity contribution < 1.29 is 13.2 Å². The first-order valence-corrected chi connectivity index (χ1v) is 3.48. The van der Waals surface area contributed by atoms with E-state index in [0.717, 1.165) is 12.1 Å². The van der Waals surface area contributed by atoms with Gasteiger partial charge in [-0.25, -0.2) is 13.6 Å². The van der Waals surface area contributed by atoms with Gasteiger partial charge in [-0.15, -0.1) is 0 Å². The molecule has 0 unspecified atom stereocenters. The molecule has 0 saturated heterocycles. The van der Waals surface area contributed by atoms with Crippen molar-refractivity contribution in [2.24, 2.45) is 0 Å². The molecule has 1 radical (unpaired) electrons. The monoisotopic (exact) mass is 181 g/mol. The van der Waals surface area contributed by atoms with Gasteiger partial charge in [0.1, 0.15) is 5.82 Å². The van der Waals surface area contributed by atoms with E-state index in [-0.39, 0.29) is 11.0 Å². The first kappa shape index (κ1) is 7.91. The van der Waals surface area contributed by atoms with Gasteiger partial charge in [-0.2, -0.15) is 0 Å². The molecule has 0 saturated carbocycles. The van der Waals surface area contributed by atoms with Crippen LogP contribution in [-0.2, 0) is 0 Å². The summed E-state index contributed by atoms with van der Waals surface area (Å²) in [5.74, 6) is -1.81. The third-order valence-electron chi connectivity index (χ3n) is 1.57. The number of halogens is 2. The van der Waals surface area contributed by atoms with Crippen LogP contribution in [0.2, 0.25) is 0 Å². The van der Waals surface area contributed by atoms with Crippen molar-refractivity contribution in [1.82, 2.24) is 0 Å². The van der Waals surface area contributed by atoms with E-state index in [9.17, 15) is 13.6 Å². The summed E-state index contributed by atoms with van der Waals surface area (Å²) in [5, 5.41) is 0.202. The first-order valence-electron chi connectivity index (χ1n) is 3.48. The van der Waals surface area contributed by atoms with Gasteiger partial charge in [0.15, 0.2) is 11.4 Å². The lowest BCUT2D eigenvalue weighted by Crippen LogP contribution is -1.96. The van der Waals surface area contributed by atoms with Crippen molar-refractivity contribution in [1.29, 1.82) is 0 Å². The smallest absolute Gasteiger partial charge is 0.336 e. The summed E-state index contributed by atoms with van der Waals surface area (Å²) in [4.78, 5) is 10.7. The van der Waals surface area contributed by atoms with Crippen LogP contribution in [0.4, 0.5) is 8.78 Å². The Labute approximate surface area is 71.4 Å². The second-order valence-electron chi connectivity index (χ2n) is 2.47. The minimum Gasteiger partial charge on any atom is -0.420 e. The fraction of sp³-hybridized carbons (Fsp3) is 0.